The van der Waals surface area contributed by atoms with Gasteiger partial charge in [0, 0.05) is 45.7 Å². The summed E-state index contributed by atoms with van der Waals surface area (Å²) in [5.74, 6) is 0.897. The van der Waals surface area contributed by atoms with Crippen LogP contribution < -0.4 is 4.74 Å². The standard InChI is InChI=1S/C22H35N3O4S/c1-3-29-21-12-8-7-9-19(21)13-14-22(26)24-15-17-25(18-16-24)30(27,28)23(2)20-10-5-4-6-11-20/h7-9,12,20H,3-6,10-11,13-18H2,1-2H3. The molecule has 0 aromatic heterocycles. The number of amides is 1. The van der Waals surface area contributed by atoms with Crippen LogP contribution in [0.4, 0.5) is 0 Å². The highest BCUT2D eigenvalue weighted by Gasteiger charge is 2.35. The lowest BCUT2D eigenvalue weighted by molar-refractivity contribution is -0.132. The predicted molar refractivity (Wildman–Crippen MR) is 118 cm³/mol. The molecule has 0 atom stereocenters. The number of para-hydroxylation sites is 1. The molecule has 3 rings (SSSR count). The molecular formula is C22H35N3O4S. The molecule has 1 aromatic carbocycles. The second-order valence-electron chi connectivity index (χ2n) is 8.14. The third-order valence-corrected chi connectivity index (χ3v) is 8.29. The fourth-order valence-corrected chi connectivity index (χ4v) is 5.97. The van der Waals surface area contributed by atoms with Gasteiger partial charge in [0.2, 0.25) is 5.91 Å². The summed E-state index contributed by atoms with van der Waals surface area (Å²) in [5, 5.41) is 0. The monoisotopic (exact) mass is 437 g/mol. The maximum atomic E-state index is 13.0. The second kappa shape index (κ2) is 10.6. The van der Waals surface area contributed by atoms with Gasteiger partial charge < -0.3 is 9.64 Å². The number of aryl methyl sites for hydroxylation is 1. The summed E-state index contributed by atoms with van der Waals surface area (Å²) in [6, 6.07) is 7.91. The SMILES string of the molecule is CCOc1ccccc1CCC(=O)N1CCN(S(=O)(=O)N(C)C2CCCCC2)CC1. The van der Waals surface area contributed by atoms with Gasteiger partial charge in [-0.1, -0.05) is 37.5 Å². The zero-order valence-corrected chi connectivity index (χ0v) is 19.1. The van der Waals surface area contributed by atoms with E-state index in [1.54, 1.807) is 16.3 Å². The molecule has 0 bridgehead atoms. The topological polar surface area (TPSA) is 70.2 Å². The molecule has 0 spiro atoms. The highest BCUT2D eigenvalue weighted by atomic mass is 32.2. The molecule has 0 unspecified atom stereocenters. The van der Waals surface area contributed by atoms with Crippen LogP contribution in [0.15, 0.2) is 24.3 Å². The Morgan fingerprint density at radius 3 is 2.43 bits per heavy atom. The van der Waals surface area contributed by atoms with Crippen LogP contribution in [-0.4, -0.2) is 73.7 Å². The van der Waals surface area contributed by atoms with Gasteiger partial charge in [-0.25, -0.2) is 0 Å². The highest BCUT2D eigenvalue weighted by Crippen LogP contribution is 2.25. The summed E-state index contributed by atoms with van der Waals surface area (Å²) in [6.45, 7) is 4.16. The molecule has 0 N–H and O–H groups in total. The minimum Gasteiger partial charge on any atom is -0.494 e. The van der Waals surface area contributed by atoms with E-state index in [9.17, 15) is 13.2 Å². The number of hydrogen-bond donors (Lipinski definition) is 0. The summed E-state index contributed by atoms with van der Waals surface area (Å²) in [5.41, 5.74) is 1.03. The van der Waals surface area contributed by atoms with E-state index in [-0.39, 0.29) is 11.9 Å². The van der Waals surface area contributed by atoms with Gasteiger partial charge in [-0.15, -0.1) is 0 Å². The molecule has 1 amide bonds. The minimum atomic E-state index is -3.47. The lowest BCUT2D eigenvalue weighted by atomic mass is 9.96. The van der Waals surface area contributed by atoms with Crippen molar-refractivity contribution in [2.45, 2.75) is 57.9 Å². The number of benzene rings is 1. The molecule has 7 nitrogen and oxygen atoms in total. The van der Waals surface area contributed by atoms with Gasteiger partial charge in [0.25, 0.3) is 10.2 Å². The molecule has 1 aliphatic carbocycles. The molecule has 1 aromatic rings. The molecule has 168 valence electrons. The highest BCUT2D eigenvalue weighted by molar-refractivity contribution is 7.86. The van der Waals surface area contributed by atoms with Crippen molar-refractivity contribution in [3.63, 3.8) is 0 Å². The van der Waals surface area contributed by atoms with E-state index in [0.717, 1.165) is 37.0 Å². The van der Waals surface area contributed by atoms with Crippen LogP contribution in [0.1, 0.15) is 51.0 Å². The van der Waals surface area contributed by atoms with Crippen molar-refractivity contribution in [2.24, 2.45) is 0 Å². The van der Waals surface area contributed by atoms with E-state index in [1.807, 2.05) is 31.2 Å². The van der Waals surface area contributed by atoms with Crippen molar-refractivity contribution in [2.75, 3.05) is 39.8 Å². The molecule has 8 heteroatoms. The summed E-state index contributed by atoms with van der Waals surface area (Å²) in [7, 11) is -1.76. The van der Waals surface area contributed by atoms with Gasteiger partial charge >= 0.3 is 0 Å². The van der Waals surface area contributed by atoms with Crippen LogP contribution in [0.3, 0.4) is 0 Å². The van der Waals surface area contributed by atoms with Crippen LogP contribution in [0.2, 0.25) is 0 Å². The number of rotatable bonds is 8. The van der Waals surface area contributed by atoms with Crippen LogP contribution in [0.5, 0.6) is 5.75 Å². The number of carbonyl (C=O) groups excluding carboxylic acids is 1. The Kier molecular flexibility index (Phi) is 8.13. The Labute approximate surface area is 181 Å². The molecule has 2 fully saturated rings. The maximum absolute atomic E-state index is 13.0. The Morgan fingerprint density at radius 2 is 1.77 bits per heavy atom. The number of piperazine rings is 1. The van der Waals surface area contributed by atoms with Crippen molar-refractivity contribution >= 4 is 16.1 Å². The maximum Gasteiger partial charge on any atom is 0.282 e. The van der Waals surface area contributed by atoms with Crippen molar-refractivity contribution in [3.8, 4) is 5.75 Å². The van der Waals surface area contributed by atoms with Crippen molar-refractivity contribution < 1.29 is 17.9 Å². The average molecular weight is 438 g/mol. The minimum absolute atomic E-state index is 0.0685. The van der Waals surface area contributed by atoms with Gasteiger partial charge in [-0.05, 0) is 37.8 Å². The first-order valence-corrected chi connectivity index (χ1v) is 12.5. The summed E-state index contributed by atoms with van der Waals surface area (Å²) in [4.78, 5) is 14.5. The third kappa shape index (κ3) is 5.53. The molecular weight excluding hydrogens is 402 g/mol. The summed E-state index contributed by atoms with van der Waals surface area (Å²) in [6.07, 6.45) is 6.30. The predicted octanol–water partition coefficient (Wildman–Crippen LogP) is 2.67. The zero-order chi connectivity index (χ0) is 21.6. The fourth-order valence-electron chi connectivity index (χ4n) is 4.39. The van der Waals surface area contributed by atoms with E-state index in [0.29, 0.717) is 45.6 Å². The van der Waals surface area contributed by atoms with Crippen LogP contribution in [-0.2, 0) is 21.4 Å². The van der Waals surface area contributed by atoms with Gasteiger partial charge in [-0.3, -0.25) is 4.79 Å². The Balaban J connectivity index is 1.50. The lowest BCUT2D eigenvalue weighted by Crippen LogP contribution is -2.55. The van der Waals surface area contributed by atoms with E-state index in [1.165, 1.54) is 10.7 Å². The normalized spacial score (nSPS) is 19.2. The van der Waals surface area contributed by atoms with E-state index in [2.05, 4.69) is 0 Å². The van der Waals surface area contributed by atoms with Crippen LogP contribution >= 0.6 is 0 Å². The second-order valence-corrected chi connectivity index (χ2v) is 10.1. The van der Waals surface area contributed by atoms with Crippen LogP contribution in [0, 0.1) is 0 Å². The molecule has 2 aliphatic rings. The van der Waals surface area contributed by atoms with Gasteiger partial charge in [-0.2, -0.15) is 17.0 Å². The first kappa shape index (κ1) is 23.0. The van der Waals surface area contributed by atoms with Gasteiger partial charge in [0.05, 0.1) is 6.61 Å². The van der Waals surface area contributed by atoms with Crippen molar-refractivity contribution in [3.05, 3.63) is 29.8 Å². The van der Waals surface area contributed by atoms with Crippen molar-refractivity contribution in [1.29, 1.82) is 0 Å². The van der Waals surface area contributed by atoms with E-state index < -0.39 is 10.2 Å². The Hall–Kier alpha value is -1.64. The average Bonchev–Trinajstić information content (AvgIpc) is 2.78. The Bertz CT molecular complexity index is 800. The first-order valence-electron chi connectivity index (χ1n) is 11.1. The molecule has 1 saturated carbocycles. The van der Waals surface area contributed by atoms with Gasteiger partial charge in [0.15, 0.2) is 0 Å². The first-order chi connectivity index (χ1) is 14.4. The summed E-state index contributed by atoms with van der Waals surface area (Å²) < 4.78 is 34.7. The Morgan fingerprint density at radius 1 is 1.10 bits per heavy atom. The molecule has 1 saturated heterocycles. The lowest BCUT2D eigenvalue weighted by Gasteiger charge is -2.38. The number of ether oxygens (including phenoxy) is 1. The zero-order valence-electron chi connectivity index (χ0n) is 18.3. The molecule has 30 heavy (non-hydrogen) atoms. The quantitative estimate of drug-likeness (QED) is 0.627. The van der Waals surface area contributed by atoms with Gasteiger partial charge in [0.1, 0.15) is 5.75 Å². The van der Waals surface area contributed by atoms with Crippen LogP contribution in [0.25, 0.3) is 0 Å². The molecule has 0 radical (unpaired) electrons. The largest absolute Gasteiger partial charge is 0.494 e. The van der Waals surface area contributed by atoms with E-state index in [4.69, 9.17) is 4.74 Å². The van der Waals surface area contributed by atoms with Crippen molar-refractivity contribution in [1.82, 2.24) is 13.5 Å². The number of carbonyl (C=O) groups is 1. The number of hydrogen-bond acceptors (Lipinski definition) is 4. The smallest absolute Gasteiger partial charge is 0.282 e. The third-order valence-electron chi connectivity index (χ3n) is 6.25. The molecule has 1 aliphatic heterocycles. The number of nitrogens with zero attached hydrogens (tertiary/aromatic N) is 3. The molecule has 1 heterocycles. The summed E-state index contributed by atoms with van der Waals surface area (Å²) >= 11 is 0. The fraction of sp³-hybridized carbons (Fsp3) is 0.682. The van der Waals surface area contributed by atoms with E-state index >= 15 is 0 Å².